The lowest BCUT2D eigenvalue weighted by atomic mass is 9.85. The number of amides is 2. The summed E-state index contributed by atoms with van der Waals surface area (Å²) in [5.41, 5.74) is -0.447. The highest BCUT2D eigenvalue weighted by molar-refractivity contribution is 8.14. The molecule has 0 aromatic rings. The van der Waals surface area contributed by atoms with Crippen LogP contribution in [0.2, 0.25) is 0 Å². The number of hydrogen-bond donors (Lipinski definition) is 2. The summed E-state index contributed by atoms with van der Waals surface area (Å²) in [6, 6.07) is 0. The number of rotatable bonds is 10. The Balaban J connectivity index is 2.23. The van der Waals surface area contributed by atoms with Crippen LogP contribution in [0.1, 0.15) is 53.9 Å². The zero-order valence-electron chi connectivity index (χ0n) is 17.6. The van der Waals surface area contributed by atoms with Gasteiger partial charge in [0.05, 0.1) is 6.61 Å². The minimum atomic E-state index is -0.810. The summed E-state index contributed by atoms with van der Waals surface area (Å²) < 4.78 is 11.4. The molecule has 0 bridgehead atoms. The molecule has 2 N–H and O–H groups in total. The molecule has 1 aliphatic rings. The first-order valence-corrected chi connectivity index (χ1v) is 10.8. The lowest BCUT2D eigenvalue weighted by Crippen LogP contribution is -2.56. The van der Waals surface area contributed by atoms with Crippen molar-refractivity contribution in [2.24, 2.45) is 5.41 Å². The van der Waals surface area contributed by atoms with Crippen LogP contribution >= 0.6 is 11.8 Å². The molecule has 0 aliphatic carbocycles. The smallest absolute Gasteiger partial charge is 0.249 e. The molecule has 0 aromatic heterocycles. The van der Waals surface area contributed by atoms with Gasteiger partial charge in [-0.3, -0.25) is 14.4 Å². The second kappa shape index (κ2) is 11.6. The topological polar surface area (TPSA) is 93.7 Å². The first kappa shape index (κ1) is 24.7. The molecule has 28 heavy (non-hydrogen) atoms. The third kappa shape index (κ3) is 9.21. The Kier molecular flexibility index (Phi) is 10.2. The first-order chi connectivity index (χ1) is 13.1. The minimum Gasteiger partial charge on any atom is -0.355 e. The normalized spacial score (nSPS) is 20.7. The Hall–Kier alpha value is -1.38. The maximum absolute atomic E-state index is 12.5. The third-order valence-electron chi connectivity index (χ3n) is 4.17. The summed E-state index contributed by atoms with van der Waals surface area (Å²) >= 11 is 1.18. The van der Waals surface area contributed by atoms with Crippen molar-refractivity contribution in [3.63, 3.8) is 0 Å². The molecule has 0 aromatic carbocycles. The number of hydrogen-bond acceptors (Lipinski definition) is 6. The first-order valence-electron chi connectivity index (χ1n) is 9.77. The Morgan fingerprint density at radius 3 is 2.54 bits per heavy atom. The zero-order chi connectivity index (χ0) is 21.2. The molecule has 1 rings (SSSR count). The largest absolute Gasteiger partial charge is 0.355 e. The second-order valence-corrected chi connectivity index (χ2v) is 9.02. The lowest BCUT2D eigenvalue weighted by Gasteiger charge is -2.44. The van der Waals surface area contributed by atoms with Crippen LogP contribution in [0, 0.1) is 5.41 Å². The molecule has 0 spiro atoms. The molecule has 0 unspecified atom stereocenters. The van der Waals surface area contributed by atoms with Gasteiger partial charge in [0.2, 0.25) is 16.9 Å². The predicted octanol–water partition coefficient (Wildman–Crippen LogP) is 2.40. The highest BCUT2D eigenvalue weighted by atomic mass is 32.2. The Bertz CT molecular complexity index is 575. The van der Waals surface area contributed by atoms with E-state index in [1.807, 2.05) is 19.9 Å². The number of unbranched alkanes of at least 4 members (excludes halogenated alkanes) is 1. The fourth-order valence-electron chi connectivity index (χ4n) is 2.54. The number of thioether (sulfide) groups is 1. The predicted molar refractivity (Wildman–Crippen MR) is 111 cm³/mol. The number of carbonyl (C=O) groups excluding carboxylic acids is 3. The number of nitrogens with one attached hydrogen (secondary N) is 2. The molecule has 1 aliphatic heterocycles. The molecule has 1 atom stereocenters. The van der Waals surface area contributed by atoms with E-state index in [1.165, 1.54) is 11.8 Å². The average Bonchev–Trinajstić information content (AvgIpc) is 2.61. The number of allylic oxidation sites excluding steroid dienone is 1. The molecule has 1 fully saturated rings. The van der Waals surface area contributed by atoms with Crippen molar-refractivity contribution in [3.05, 3.63) is 12.2 Å². The van der Waals surface area contributed by atoms with Gasteiger partial charge in [-0.1, -0.05) is 45.0 Å². The van der Waals surface area contributed by atoms with Crippen molar-refractivity contribution < 1.29 is 23.9 Å². The van der Waals surface area contributed by atoms with Crippen LogP contribution in [0.5, 0.6) is 0 Å². The van der Waals surface area contributed by atoms with Crippen LogP contribution in [0.4, 0.5) is 0 Å². The van der Waals surface area contributed by atoms with Crippen LogP contribution in [-0.4, -0.2) is 54.3 Å². The van der Waals surface area contributed by atoms with Gasteiger partial charge in [-0.15, -0.1) is 0 Å². The maximum Gasteiger partial charge on any atom is 0.249 e. The van der Waals surface area contributed by atoms with Crippen molar-refractivity contribution in [2.45, 2.75) is 65.8 Å². The summed E-state index contributed by atoms with van der Waals surface area (Å²) in [4.78, 5) is 35.9. The summed E-state index contributed by atoms with van der Waals surface area (Å²) in [5, 5.41) is 5.51. The SMILES string of the molecule is CCC/C=C/C(=O)SCCNC(=O)CCNC(=O)[C@@H]1OC(C)(C)OCC1(C)C. The molecule has 1 saturated heterocycles. The van der Waals surface area contributed by atoms with E-state index >= 15 is 0 Å². The molecule has 2 amide bonds. The average molecular weight is 415 g/mol. The molecule has 0 radical (unpaired) electrons. The van der Waals surface area contributed by atoms with Gasteiger partial charge in [0.15, 0.2) is 5.79 Å². The van der Waals surface area contributed by atoms with Crippen molar-refractivity contribution >= 4 is 28.7 Å². The fraction of sp³-hybridized carbons (Fsp3) is 0.750. The molecule has 160 valence electrons. The van der Waals surface area contributed by atoms with Crippen LogP contribution in [0.25, 0.3) is 0 Å². The molecular weight excluding hydrogens is 380 g/mol. The summed E-state index contributed by atoms with van der Waals surface area (Å²) in [6.45, 7) is 10.5. The number of ether oxygens (including phenoxy) is 2. The molecule has 7 nitrogen and oxygen atoms in total. The molecule has 1 heterocycles. The standard InChI is InChI=1S/C20H34N2O5S/c1-6-7-8-9-16(24)28-13-12-21-15(23)10-11-22-18(25)17-19(2,3)14-26-20(4,5)27-17/h8-9,17H,6-7,10-14H2,1-5H3,(H,21,23)(H,22,25)/b9-8+/t17-/m0/s1. The van der Waals surface area contributed by atoms with Gasteiger partial charge in [0, 0.05) is 30.7 Å². The van der Waals surface area contributed by atoms with E-state index in [0.29, 0.717) is 18.9 Å². The summed E-state index contributed by atoms with van der Waals surface area (Å²) in [5.74, 6) is -0.695. The monoisotopic (exact) mass is 414 g/mol. The van der Waals surface area contributed by atoms with E-state index in [4.69, 9.17) is 9.47 Å². The highest BCUT2D eigenvalue weighted by Crippen LogP contribution is 2.34. The summed E-state index contributed by atoms with van der Waals surface area (Å²) in [7, 11) is 0. The van der Waals surface area contributed by atoms with Crippen molar-refractivity contribution in [1.82, 2.24) is 10.6 Å². The highest BCUT2D eigenvalue weighted by Gasteiger charge is 2.45. The van der Waals surface area contributed by atoms with Gasteiger partial charge in [0.25, 0.3) is 0 Å². The van der Waals surface area contributed by atoms with E-state index in [1.54, 1.807) is 19.9 Å². The van der Waals surface area contributed by atoms with Gasteiger partial charge in [0.1, 0.15) is 6.10 Å². The third-order valence-corrected chi connectivity index (χ3v) is 5.00. The van der Waals surface area contributed by atoms with Crippen molar-refractivity contribution in [1.29, 1.82) is 0 Å². The van der Waals surface area contributed by atoms with Crippen LogP contribution in [0.15, 0.2) is 12.2 Å². The van der Waals surface area contributed by atoms with E-state index in [-0.39, 0.29) is 29.9 Å². The van der Waals surface area contributed by atoms with E-state index in [0.717, 1.165) is 12.8 Å². The number of carbonyl (C=O) groups is 3. The van der Waals surface area contributed by atoms with E-state index in [2.05, 4.69) is 17.6 Å². The Labute approximate surface area is 172 Å². The Morgan fingerprint density at radius 1 is 1.14 bits per heavy atom. The van der Waals surface area contributed by atoms with Gasteiger partial charge < -0.3 is 20.1 Å². The Morgan fingerprint density at radius 2 is 1.86 bits per heavy atom. The minimum absolute atomic E-state index is 0.00281. The lowest BCUT2D eigenvalue weighted by molar-refractivity contribution is -0.304. The molecule has 8 heteroatoms. The van der Waals surface area contributed by atoms with E-state index < -0.39 is 17.3 Å². The van der Waals surface area contributed by atoms with E-state index in [9.17, 15) is 14.4 Å². The summed E-state index contributed by atoms with van der Waals surface area (Å²) in [6.07, 6.45) is 4.88. The molecule has 0 saturated carbocycles. The maximum atomic E-state index is 12.5. The van der Waals surface area contributed by atoms with Gasteiger partial charge in [-0.2, -0.15) is 0 Å². The van der Waals surface area contributed by atoms with Crippen LogP contribution in [0.3, 0.4) is 0 Å². The van der Waals surface area contributed by atoms with Crippen LogP contribution in [-0.2, 0) is 23.9 Å². The quantitative estimate of drug-likeness (QED) is 0.421. The van der Waals surface area contributed by atoms with Gasteiger partial charge in [-0.05, 0) is 26.3 Å². The fourth-order valence-corrected chi connectivity index (χ4v) is 3.14. The van der Waals surface area contributed by atoms with Crippen molar-refractivity contribution in [3.8, 4) is 0 Å². The van der Waals surface area contributed by atoms with Crippen LogP contribution < -0.4 is 10.6 Å². The second-order valence-electron chi connectivity index (χ2n) is 7.92. The van der Waals surface area contributed by atoms with Crippen molar-refractivity contribution in [2.75, 3.05) is 25.4 Å². The van der Waals surface area contributed by atoms with Gasteiger partial charge in [-0.25, -0.2) is 0 Å². The zero-order valence-corrected chi connectivity index (χ0v) is 18.4. The molecular formula is C20H34N2O5S. The van der Waals surface area contributed by atoms with Gasteiger partial charge >= 0.3 is 0 Å².